The molecule has 3 rings (SSSR count). The van der Waals surface area contributed by atoms with Crippen LogP contribution in [0.5, 0.6) is 5.75 Å². The number of nitrogens with one attached hydrogen (secondary N) is 2. The maximum absolute atomic E-state index is 13.8. The number of amides is 1. The van der Waals surface area contributed by atoms with E-state index in [2.05, 4.69) is 10.0 Å². The summed E-state index contributed by atoms with van der Waals surface area (Å²) in [5, 5.41) is 2.78. The van der Waals surface area contributed by atoms with Crippen LogP contribution in [0.2, 0.25) is 0 Å². The average Bonchev–Trinajstić information content (AvgIpc) is 2.75. The van der Waals surface area contributed by atoms with E-state index in [0.717, 1.165) is 17.4 Å². The van der Waals surface area contributed by atoms with Crippen LogP contribution < -0.4 is 14.8 Å². The molecule has 8 heteroatoms. The van der Waals surface area contributed by atoms with Gasteiger partial charge < -0.3 is 10.1 Å². The van der Waals surface area contributed by atoms with E-state index in [9.17, 15) is 17.6 Å². The number of benzene rings is 3. The first-order valence-corrected chi connectivity index (χ1v) is 11.1. The lowest BCUT2D eigenvalue weighted by Crippen LogP contribution is -2.36. The molecule has 3 aromatic rings. The van der Waals surface area contributed by atoms with Crippen molar-refractivity contribution in [3.63, 3.8) is 0 Å². The molecule has 0 aliphatic rings. The largest absolute Gasteiger partial charge is 0.491 e. The molecule has 31 heavy (non-hydrogen) atoms. The highest BCUT2D eigenvalue weighted by Gasteiger charge is 2.19. The molecule has 0 saturated heterocycles. The van der Waals surface area contributed by atoms with Gasteiger partial charge in [-0.15, -0.1) is 0 Å². The Hall–Kier alpha value is -3.39. The zero-order chi connectivity index (χ0) is 22.4. The van der Waals surface area contributed by atoms with Crippen LogP contribution in [0.1, 0.15) is 22.8 Å². The molecule has 3 aromatic carbocycles. The van der Waals surface area contributed by atoms with Gasteiger partial charge in [0.1, 0.15) is 18.2 Å². The normalized spacial score (nSPS) is 12.1. The number of hydrogen-bond acceptors (Lipinski definition) is 4. The van der Waals surface area contributed by atoms with Gasteiger partial charge in [-0.2, -0.15) is 0 Å². The average molecular weight is 443 g/mol. The zero-order valence-electron chi connectivity index (χ0n) is 17.1. The standard InChI is InChI=1S/C23H23FN2O4S/c1-16-8-3-6-13-22(16)30-15-17(2)25-23(27)18-9-7-10-19(14-18)31(28,29)26-21-12-5-4-11-20(21)24/h3-14,17,26H,15H2,1-2H3,(H,25,27)/t17-/m0/s1. The van der Waals surface area contributed by atoms with Gasteiger partial charge in [0.2, 0.25) is 0 Å². The topological polar surface area (TPSA) is 84.5 Å². The lowest BCUT2D eigenvalue weighted by molar-refractivity contribution is 0.0926. The van der Waals surface area contributed by atoms with Crippen LogP contribution >= 0.6 is 0 Å². The fraction of sp³-hybridized carbons (Fsp3) is 0.174. The molecule has 0 spiro atoms. The maximum Gasteiger partial charge on any atom is 0.262 e. The van der Waals surface area contributed by atoms with Gasteiger partial charge in [0.05, 0.1) is 16.6 Å². The third-order valence-corrected chi connectivity index (χ3v) is 5.85. The minimum Gasteiger partial charge on any atom is -0.491 e. The monoisotopic (exact) mass is 442 g/mol. The second kappa shape index (κ2) is 9.61. The van der Waals surface area contributed by atoms with E-state index in [1.54, 1.807) is 6.92 Å². The molecule has 0 bridgehead atoms. The number of sulfonamides is 1. The molecule has 1 amide bonds. The molecule has 0 aliphatic heterocycles. The highest BCUT2D eigenvalue weighted by molar-refractivity contribution is 7.92. The molecular weight excluding hydrogens is 419 g/mol. The third-order valence-electron chi connectivity index (χ3n) is 4.48. The lowest BCUT2D eigenvalue weighted by atomic mass is 10.2. The second-order valence-electron chi connectivity index (χ2n) is 7.06. The highest BCUT2D eigenvalue weighted by Crippen LogP contribution is 2.20. The Balaban J connectivity index is 1.66. The number of para-hydroxylation sites is 2. The van der Waals surface area contributed by atoms with Gasteiger partial charge >= 0.3 is 0 Å². The van der Waals surface area contributed by atoms with Gasteiger partial charge in [-0.25, -0.2) is 12.8 Å². The van der Waals surface area contributed by atoms with Gasteiger partial charge in [-0.1, -0.05) is 36.4 Å². The lowest BCUT2D eigenvalue weighted by Gasteiger charge is -2.16. The first-order valence-electron chi connectivity index (χ1n) is 9.63. The summed E-state index contributed by atoms with van der Waals surface area (Å²) in [6, 6.07) is 18.2. The quantitative estimate of drug-likeness (QED) is 0.549. The Morgan fingerprint density at radius 1 is 1.03 bits per heavy atom. The van der Waals surface area contributed by atoms with Crippen LogP contribution in [0, 0.1) is 12.7 Å². The summed E-state index contributed by atoms with van der Waals surface area (Å²) >= 11 is 0. The maximum atomic E-state index is 13.8. The van der Waals surface area contributed by atoms with Crippen LogP contribution in [0.3, 0.4) is 0 Å². The molecule has 0 heterocycles. The Morgan fingerprint density at radius 2 is 1.74 bits per heavy atom. The number of aryl methyl sites for hydroxylation is 1. The third kappa shape index (κ3) is 5.82. The summed E-state index contributed by atoms with van der Waals surface area (Å²) in [4.78, 5) is 12.4. The molecular formula is C23H23FN2O4S. The predicted molar refractivity (Wildman–Crippen MR) is 117 cm³/mol. The molecule has 0 fully saturated rings. The second-order valence-corrected chi connectivity index (χ2v) is 8.75. The fourth-order valence-electron chi connectivity index (χ4n) is 2.83. The van der Waals surface area contributed by atoms with Crippen LogP contribution in [-0.4, -0.2) is 27.0 Å². The SMILES string of the molecule is Cc1ccccc1OC[C@H](C)NC(=O)c1cccc(S(=O)(=O)Nc2ccccc2F)c1. The van der Waals surface area contributed by atoms with E-state index >= 15 is 0 Å². The molecule has 0 aliphatic carbocycles. The fourth-order valence-corrected chi connectivity index (χ4v) is 3.95. The minimum atomic E-state index is -4.07. The molecule has 2 N–H and O–H groups in total. The Kier molecular flexibility index (Phi) is 6.91. The van der Waals surface area contributed by atoms with Gasteiger partial charge in [-0.05, 0) is 55.8 Å². The van der Waals surface area contributed by atoms with Gasteiger partial charge in [-0.3, -0.25) is 9.52 Å². The Labute approximate surface area is 181 Å². The first kappa shape index (κ1) is 22.3. The van der Waals surface area contributed by atoms with Crippen molar-refractivity contribution in [2.45, 2.75) is 24.8 Å². The Morgan fingerprint density at radius 3 is 2.48 bits per heavy atom. The van der Waals surface area contributed by atoms with Crippen LogP contribution in [0.15, 0.2) is 77.7 Å². The van der Waals surface area contributed by atoms with Crippen LogP contribution in [0.4, 0.5) is 10.1 Å². The van der Waals surface area contributed by atoms with Crippen molar-refractivity contribution in [2.24, 2.45) is 0 Å². The van der Waals surface area contributed by atoms with Crippen LogP contribution in [0.25, 0.3) is 0 Å². The van der Waals surface area contributed by atoms with Gasteiger partial charge in [0, 0.05) is 5.56 Å². The van der Waals surface area contributed by atoms with Crippen molar-refractivity contribution >= 4 is 21.6 Å². The summed E-state index contributed by atoms with van der Waals surface area (Å²) in [6.45, 7) is 3.97. The summed E-state index contributed by atoms with van der Waals surface area (Å²) in [5.41, 5.74) is 0.986. The molecule has 1 atom stereocenters. The molecule has 6 nitrogen and oxygen atoms in total. The van der Waals surface area contributed by atoms with Crippen molar-refractivity contribution < 1.29 is 22.3 Å². The number of carbonyl (C=O) groups is 1. The van der Waals surface area contributed by atoms with E-state index in [1.165, 1.54) is 42.5 Å². The molecule has 162 valence electrons. The number of rotatable bonds is 8. The number of hydrogen-bond donors (Lipinski definition) is 2. The number of carbonyl (C=O) groups excluding carboxylic acids is 1. The number of halogens is 1. The molecule has 0 radical (unpaired) electrons. The summed E-state index contributed by atoms with van der Waals surface area (Å²) in [7, 11) is -4.07. The van der Waals surface area contributed by atoms with Gasteiger partial charge in [0.15, 0.2) is 0 Å². The molecule has 0 unspecified atom stereocenters. The van der Waals surface area contributed by atoms with E-state index < -0.39 is 21.7 Å². The first-order chi connectivity index (χ1) is 14.8. The number of anilines is 1. The molecule has 0 saturated carbocycles. The zero-order valence-corrected chi connectivity index (χ0v) is 17.9. The van der Waals surface area contributed by atoms with Crippen molar-refractivity contribution in [3.05, 3.63) is 89.7 Å². The molecule has 0 aromatic heterocycles. The predicted octanol–water partition coefficient (Wildman–Crippen LogP) is 4.13. The van der Waals surface area contributed by atoms with E-state index in [4.69, 9.17) is 4.74 Å². The van der Waals surface area contributed by atoms with E-state index in [0.29, 0.717) is 0 Å². The van der Waals surface area contributed by atoms with Crippen molar-refractivity contribution in [1.82, 2.24) is 5.32 Å². The minimum absolute atomic E-state index is 0.146. The summed E-state index contributed by atoms with van der Waals surface area (Å²) in [5.74, 6) is -0.401. The highest BCUT2D eigenvalue weighted by atomic mass is 32.2. The van der Waals surface area contributed by atoms with Crippen molar-refractivity contribution in [2.75, 3.05) is 11.3 Å². The van der Waals surface area contributed by atoms with Crippen molar-refractivity contribution in [3.8, 4) is 5.75 Å². The number of ether oxygens (including phenoxy) is 1. The van der Waals surface area contributed by atoms with E-state index in [1.807, 2.05) is 31.2 Å². The van der Waals surface area contributed by atoms with Gasteiger partial charge in [0.25, 0.3) is 15.9 Å². The van der Waals surface area contributed by atoms with Crippen LogP contribution in [-0.2, 0) is 10.0 Å². The van der Waals surface area contributed by atoms with E-state index in [-0.39, 0.29) is 28.8 Å². The summed E-state index contributed by atoms with van der Waals surface area (Å²) in [6.07, 6.45) is 0. The smallest absolute Gasteiger partial charge is 0.262 e. The van der Waals surface area contributed by atoms with Crippen molar-refractivity contribution in [1.29, 1.82) is 0 Å². The summed E-state index contributed by atoms with van der Waals surface area (Å²) < 4.78 is 47.0. The Bertz CT molecular complexity index is 1180.